The molecule has 1 fully saturated rings. The van der Waals surface area contributed by atoms with E-state index in [-0.39, 0.29) is 22.8 Å². The van der Waals surface area contributed by atoms with Crippen molar-refractivity contribution in [3.05, 3.63) is 27.1 Å². The van der Waals surface area contributed by atoms with Crippen LogP contribution in [0.3, 0.4) is 0 Å². The second-order valence-corrected chi connectivity index (χ2v) is 5.78. The van der Waals surface area contributed by atoms with E-state index >= 15 is 0 Å². The van der Waals surface area contributed by atoms with Gasteiger partial charge in [-0.05, 0) is 25.8 Å². The second-order valence-electron chi connectivity index (χ2n) is 4.71. The molecular weight excluding hydrogens is 296 g/mol. The van der Waals surface area contributed by atoms with Gasteiger partial charge in [0.25, 0.3) is 5.91 Å². The molecule has 1 aromatic rings. The number of carbonyl (C=O) groups is 2. The van der Waals surface area contributed by atoms with Crippen LogP contribution in [0.1, 0.15) is 29.4 Å². The smallest absolute Gasteiger partial charge is 0.324 e. The maximum Gasteiger partial charge on any atom is 0.324 e. The summed E-state index contributed by atoms with van der Waals surface area (Å²) in [4.78, 5) is 36.0. The van der Waals surface area contributed by atoms with Crippen LogP contribution in [0.15, 0.2) is 12.1 Å². The molecule has 0 spiro atoms. The van der Waals surface area contributed by atoms with Gasteiger partial charge in [0.05, 0.1) is 22.3 Å². The normalized spacial score (nSPS) is 15.8. The summed E-state index contributed by atoms with van der Waals surface area (Å²) in [5.74, 6) is -0.585. The van der Waals surface area contributed by atoms with Gasteiger partial charge in [0.15, 0.2) is 0 Å². The maximum atomic E-state index is 12.2. The van der Waals surface area contributed by atoms with Crippen molar-refractivity contribution in [1.29, 1.82) is 0 Å². The lowest BCUT2D eigenvalue weighted by Gasteiger charge is -2.30. The summed E-state index contributed by atoms with van der Waals surface area (Å²) in [5, 5.41) is 10.6. The molecule has 0 saturated carbocycles. The molecule has 0 N–H and O–H groups in total. The fourth-order valence-electron chi connectivity index (χ4n) is 2.27. The summed E-state index contributed by atoms with van der Waals surface area (Å²) in [6.07, 6.45) is 1.14. The lowest BCUT2D eigenvalue weighted by molar-refractivity contribution is -0.380. The number of likely N-dealkylation sites (tertiary alicyclic amines) is 1. The molecule has 2 heterocycles. The standard InChI is InChI=1S/C13H16N2O5S/c1-2-20-13(17)9-5-7-14(8-6-9)12(16)10-3-4-11(21-10)15(18)19/h3-4,9H,2,5-8H2,1H3. The average Bonchev–Trinajstić information content (AvgIpc) is 2.97. The molecule has 0 unspecified atom stereocenters. The van der Waals surface area contributed by atoms with Crippen LogP contribution >= 0.6 is 11.3 Å². The number of nitrogens with zero attached hydrogens (tertiary/aromatic N) is 2. The van der Waals surface area contributed by atoms with Gasteiger partial charge < -0.3 is 9.64 Å². The summed E-state index contributed by atoms with van der Waals surface area (Å²) >= 11 is 0.876. The minimum atomic E-state index is -0.506. The van der Waals surface area contributed by atoms with Gasteiger partial charge in [-0.15, -0.1) is 0 Å². The zero-order valence-electron chi connectivity index (χ0n) is 11.6. The minimum Gasteiger partial charge on any atom is -0.466 e. The van der Waals surface area contributed by atoms with E-state index in [0.717, 1.165) is 11.3 Å². The van der Waals surface area contributed by atoms with Crippen LogP contribution in [0.5, 0.6) is 0 Å². The van der Waals surface area contributed by atoms with Crippen LogP contribution < -0.4 is 0 Å². The van der Waals surface area contributed by atoms with Gasteiger partial charge >= 0.3 is 11.0 Å². The van der Waals surface area contributed by atoms with Crippen molar-refractivity contribution < 1.29 is 19.2 Å². The zero-order chi connectivity index (χ0) is 15.4. The van der Waals surface area contributed by atoms with Crippen LogP contribution in [0.4, 0.5) is 5.00 Å². The molecule has 0 radical (unpaired) electrons. The minimum absolute atomic E-state index is 0.0419. The van der Waals surface area contributed by atoms with Crippen molar-refractivity contribution in [3.8, 4) is 0 Å². The van der Waals surface area contributed by atoms with Gasteiger partial charge in [-0.25, -0.2) is 0 Å². The molecule has 1 aliphatic rings. The Morgan fingerprint density at radius 1 is 1.43 bits per heavy atom. The molecule has 0 aromatic carbocycles. The number of piperidine rings is 1. The SMILES string of the molecule is CCOC(=O)C1CCN(C(=O)c2ccc([N+](=O)[O-])s2)CC1. The van der Waals surface area contributed by atoms with Crippen LogP contribution in [0, 0.1) is 16.0 Å². The van der Waals surface area contributed by atoms with E-state index in [1.54, 1.807) is 11.8 Å². The highest BCUT2D eigenvalue weighted by Crippen LogP contribution is 2.27. The number of esters is 1. The van der Waals surface area contributed by atoms with Crippen molar-refractivity contribution in [2.24, 2.45) is 5.92 Å². The fraction of sp³-hybridized carbons (Fsp3) is 0.538. The highest BCUT2D eigenvalue weighted by Gasteiger charge is 2.29. The van der Waals surface area contributed by atoms with E-state index in [4.69, 9.17) is 4.74 Å². The highest BCUT2D eigenvalue weighted by molar-refractivity contribution is 7.17. The topological polar surface area (TPSA) is 89.8 Å². The number of nitro groups is 1. The third-order valence-electron chi connectivity index (χ3n) is 3.38. The monoisotopic (exact) mass is 312 g/mol. The van der Waals surface area contributed by atoms with Crippen molar-refractivity contribution in [2.75, 3.05) is 19.7 Å². The largest absolute Gasteiger partial charge is 0.466 e. The number of amides is 1. The van der Waals surface area contributed by atoms with E-state index in [1.165, 1.54) is 12.1 Å². The van der Waals surface area contributed by atoms with Crippen LogP contribution in [-0.2, 0) is 9.53 Å². The van der Waals surface area contributed by atoms with Gasteiger partial charge in [-0.3, -0.25) is 19.7 Å². The maximum absolute atomic E-state index is 12.2. The highest BCUT2D eigenvalue weighted by atomic mass is 32.1. The number of thiophene rings is 1. The Bertz CT molecular complexity index is 549. The first-order chi connectivity index (χ1) is 10.0. The molecule has 1 amide bonds. The van der Waals surface area contributed by atoms with Crippen molar-refractivity contribution in [1.82, 2.24) is 4.90 Å². The first kappa shape index (κ1) is 15.4. The Labute approximate surface area is 125 Å². The lowest BCUT2D eigenvalue weighted by atomic mass is 9.97. The zero-order valence-corrected chi connectivity index (χ0v) is 12.4. The summed E-state index contributed by atoms with van der Waals surface area (Å²) in [6, 6.07) is 2.81. The van der Waals surface area contributed by atoms with E-state index in [2.05, 4.69) is 0 Å². The quantitative estimate of drug-likeness (QED) is 0.482. The Balaban J connectivity index is 1.93. The molecular formula is C13H16N2O5S. The van der Waals surface area contributed by atoms with Crippen molar-refractivity contribution in [2.45, 2.75) is 19.8 Å². The van der Waals surface area contributed by atoms with E-state index in [0.29, 0.717) is 37.4 Å². The van der Waals surface area contributed by atoms with Gasteiger partial charge in [-0.2, -0.15) is 0 Å². The number of rotatable bonds is 4. The number of carbonyl (C=O) groups excluding carboxylic acids is 2. The van der Waals surface area contributed by atoms with Crippen molar-refractivity contribution >= 4 is 28.2 Å². The summed E-state index contributed by atoms with van der Waals surface area (Å²) in [6.45, 7) is 3.05. The molecule has 2 rings (SSSR count). The van der Waals surface area contributed by atoms with Crippen LogP contribution in [-0.4, -0.2) is 41.4 Å². The second kappa shape index (κ2) is 6.66. The Hall–Kier alpha value is -1.96. The molecule has 114 valence electrons. The molecule has 0 aliphatic carbocycles. The summed E-state index contributed by atoms with van der Waals surface area (Å²) in [5.41, 5.74) is 0. The molecule has 21 heavy (non-hydrogen) atoms. The molecule has 1 aliphatic heterocycles. The number of hydrogen-bond donors (Lipinski definition) is 0. The summed E-state index contributed by atoms with van der Waals surface area (Å²) in [7, 11) is 0. The predicted molar refractivity (Wildman–Crippen MR) is 76.2 cm³/mol. The predicted octanol–water partition coefficient (Wildman–Crippen LogP) is 2.07. The molecule has 0 atom stereocenters. The van der Waals surface area contributed by atoms with Crippen LogP contribution in [0.2, 0.25) is 0 Å². The van der Waals surface area contributed by atoms with Gasteiger partial charge in [-0.1, -0.05) is 11.3 Å². The van der Waals surface area contributed by atoms with E-state index in [1.807, 2.05) is 0 Å². The lowest BCUT2D eigenvalue weighted by Crippen LogP contribution is -2.40. The first-order valence-corrected chi connectivity index (χ1v) is 7.54. The average molecular weight is 312 g/mol. The Kier molecular flexibility index (Phi) is 4.89. The van der Waals surface area contributed by atoms with E-state index < -0.39 is 4.92 Å². The third-order valence-corrected chi connectivity index (χ3v) is 4.41. The van der Waals surface area contributed by atoms with E-state index in [9.17, 15) is 19.7 Å². The third kappa shape index (κ3) is 3.57. The number of ether oxygens (including phenoxy) is 1. The molecule has 7 nitrogen and oxygen atoms in total. The number of hydrogen-bond acceptors (Lipinski definition) is 6. The molecule has 1 saturated heterocycles. The van der Waals surface area contributed by atoms with Crippen molar-refractivity contribution in [3.63, 3.8) is 0 Å². The molecule has 1 aromatic heterocycles. The Morgan fingerprint density at radius 3 is 2.62 bits per heavy atom. The molecule has 0 bridgehead atoms. The Morgan fingerprint density at radius 2 is 2.10 bits per heavy atom. The fourth-order valence-corrected chi connectivity index (χ4v) is 3.06. The van der Waals surface area contributed by atoms with Gasteiger partial charge in [0.1, 0.15) is 0 Å². The molecule has 8 heteroatoms. The first-order valence-electron chi connectivity index (χ1n) is 6.73. The van der Waals surface area contributed by atoms with Gasteiger partial charge in [0.2, 0.25) is 0 Å². The van der Waals surface area contributed by atoms with Gasteiger partial charge in [0, 0.05) is 19.2 Å². The van der Waals surface area contributed by atoms with Crippen LogP contribution in [0.25, 0.3) is 0 Å². The summed E-state index contributed by atoms with van der Waals surface area (Å²) < 4.78 is 4.98.